The lowest BCUT2D eigenvalue weighted by molar-refractivity contribution is -0.160. The molecule has 5 nitrogen and oxygen atoms in total. The number of anilines is 1. The molecule has 1 aliphatic rings. The van der Waals surface area contributed by atoms with Crippen molar-refractivity contribution >= 4 is 27.6 Å². The van der Waals surface area contributed by atoms with Crippen molar-refractivity contribution in [2.24, 2.45) is 5.41 Å². The normalized spacial score (nSPS) is 18.2. The minimum absolute atomic E-state index is 0.228. The summed E-state index contributed by atoms with van der Waals surface area (Å²) in [5.41, 5.74) is 2.76. The van der Waals surface area contributed by atoms with Crippen molar-refractivity contribution in [3.05, 3.63) is 21.4 Å². The van der Waals surface area contributed by atoms with E-state index >= 15 is 0 Å². The molecule has 1 aromatic heterocycles. The predicted molar refractivity (Wildman–Crippen MR) is 98.6 cm³/mol. The Balaban J connectivity index is 2.59. The number of halogens is 1. The Labute approximate surface area is 152 Å². The van der Waals surface area contributed by atoms with Crippen molar-refractivity contribution in [1.29, 1.82) is 0 Å². The minimum atomic E-state index is -1.05. The fraction of sp³-hybridized carbons (Fsp3) is 0.667. The minimum Gasteiger partial charge on any atom is -0.479 e. The zero-order valence-corrected chi connectivity index (χ0v) is 17.1. The smallest absolute Gasteiger partial charge is 0.337 e. The summed E-state index contributed by atoms with van der Waals surface area (Å²) in [4.78, 5) is 18.7. The molecule has 1 fully saturated rings. The van der Waals surface area contributed by atoms with Gasteiger partial charge in [0, 0.05) is 24.3 Å². The number of aliphatic carboxylic acids is 1. The monoisotopic (exact) mass is 398 g/mol. The number of aromatic nitrogens is 1. The van der Waals surface area contributed by atoms with Gasteiger partial charge in [0.1, 0.15) is 0 Å². The second-order valence-corrected chi connectivity index (χ2v) is 9.12. The number of aryl methyl sites for hydroxylation is 2. The molecule has 0 radical (unpaired) electrons. The quantitative estimate of drug-likeness (QED) is 0.820. The van der Waals surface area contributed by atoms with Crippen molar-refractivity contribution in [3.8, 4) is 0 Å². The Hall–Kier alpha value is -1.14. The zero-order chi connectivity index (χ0) is 18.4. The van der Waals surface area contributed by atoms with E-state index < -0.39 is 17.7 Å². The van der Waals surface area contributed by atoms with E-state index in [1.54, 1.807) is 0 Å². The number of ether oxygens (including phenoxy) is 1. The molecule has 1 N–H and O–H groups in total. The Bertz CT molecular complexity index is 657. The number of carboxylic acids is 1. The van der Waals surface area contributed by atoms with Crippen molar-refractivity contribution < 1.29 is 14.6 Å². The summed E-state index contributed by atoms with van der Waals surface area (Å²) in [5.74, 6) is -0.994. The summed E-state index contributed by atoms with van der Waals surface area (Å²) in [5, 5.41) is 9.79. The second-order valence-electron chi connectivity index (χ2n) is 8.33. The SMILES string of the molecule is Cc1nc(C)c(C(OC(C)(C)C)C(=O)O)c(N2CC(C)(C)C2)c1Br. The van der Waals surface area contributed by atoms with Gasteiger partial charge in [0.2, 0.25) is 0 Å². The first-order valence-corrected chi connectivity index (χ1v) is 8.94. The third-order valence-corrected chi connectivity index (χ3v) is 4.97. The van der Waals surface area contributed by atoms with Gasteiger partial charge in [-0.2, -0.15) is 0 Å². The Morgan fingerprint density at radius 2 is 1.83 bits per heavy atom. The summed E-state index contributed by atoms with van der Waals surface area (Å²) in [6, 6.07) is 0. The van der Waals surface area contributed by atoms with Crippen molar-refractivity contribution in [2.45, 2.75) is 60.2 Å². The van der Waals surface area contributed by atoms with Crippen LogP contribution >= 0.6 is 15.9 Å². The first kappa shape index (κ1) is 19.2. The van der Waals surface area contributed by atoms with Crippen molar-refractivity contribution in [2.75, 3.05) is 18.0 Å². The van der Waals surface area contributed by atoms with Gasteiger partial charge in [0.05, 0.1) is 21.5 Å². The molecular weight excluding hydrogens is 372 g/mol. The van der Waals surface area contributed by atoms with Crippen LogP contribution in [-0.2, 0) is 9.53 Å². The summed E-state index contributed by atoms with van der Waals surface area (Å²) in [6.45, 7) is 15.5. The first-order chi connectivity index (χ1) is 10.8. The average Bonchev–Trinajstić information content (AvgIpc) is 2.36. The number of nitrogens with zero attached hydrogens (tertiary/aromatic N) is 2. The molecule has 0 amide bonds. The molecule has 1 aliphatic heterocycles. The van der Waals surface area contributed by atoms with Crippen molar-refractivity contribution in [3.63, 3.8) is 0 Å². The number of pyridine rings is 1. The van der Waals surface area contributed by atoms with E-state index in [0.717, 1.165) is 28.9 Å². The highest BCUT2D eigenvalue weighted by molar-refractivity contribution is 9.10. The molecule has 6 heteroatoms. The van der Waals surface area contributed by atoms with Crippen LogP contribution in [0, 0.1) is 19.3 Å². The summed E-state index contributed by atoms with van der Waals surface area (Å²) < 4.78 is 6.73. The maximum Gasteiger partial charge on any atom is 0.337 e. The average molecular weight is 399 g/mol. The van der Waals surface area contributed by atoms with Gasteiger partial charge < -0.3 is 14.7 Å². The molecule has 24 heavy (non-hydrogen) atoms. The maximum absolute atomic E-state index is 11.9. The number of rotatable bonds is 4. The Morgan fingerprint density at radius 3 is 2.25 bits per heavy atom. The fourth-order valence-electron chi connectivity index (χ4n) is 3.18. The fourth-order valence-corrected chi connectivity index (χ4v) is 3.73. The van der Waals surface area contributed by atoms with Crippen LogP contribution in [0.1, 0.15) is 57.7 Å². The van der Waals surface area contributed by atoms with Crippen LogP contribution in [-0.4, -0.2) is 34.8 Å². The predicted octanol–water partition coefficient (Wildman–Crippen LogP) is 4.25. The van der Waals surface area contributed by atoms with Crippen LogP contribution in [0.5, 0.6) is 0 Å². The molecule has 0 bridgehead atoms. The summed E-state index contributed by atoms with van der Waals surface area (Å²) in [6.07, 6.45) is -1.05. The van der Waals surface area contributed by atoms with Crippen LogP contribution in [0.2, 0.25) is 0 Å². The highest BCUT2D eigenvalue weighted by Gasteiger charge is 2.40. The van der Waals surface area contributed by atoms with E-state index in [2.05, 4.69) is 39.7 Å². The second kappa shape index (κ2) is 6.30. The lowest BCUT2D eigenvalue weighted by atomic mass is 9.83. The van der Waals surface area contributed by atoms with Crippen molar-refractivity contribution in [1.82, 2.24) is 4.98 Å². The van der Waals surface area contributed by atoms with Crippen LogP contribution in [0.25, 0.3) is 0 Å². The first-order valence-electron chi connectivity index (χ1n) is 8.14. The van der Waals surface area contributed by atoms with Crippen LogP contribution in [0.4, 0.5) is 5.69 Å². The van der Waals surface area contributed by atoms with E-state index in [4.69, 9.17) is 4.74 Å². The third kappa shape index (κ3) is 3.91. The highest BCUT2D eigenvalue weighted by Crippen LogP contribution is 2.44. The molecule has 134 valence electrons. The molecule has 0 spiro atoms. The van der Waals surface area contributed by atoms with E-state index in [1.165, 1.54) is 0 Å². The molecule has 0 aromatic carbocycles. The standard InChI is InChI=1S/C18H27BrN2O3/c1-10-12(15(16(22)23)24-17(3,4)5)14(13(19)11(2)20-10)21-8-18(6,7)9-21/h15H,8-9H2,1-7H3,(H,22,23). The van der Waals surface area contributed by atoms with E-state index in [1.807, 2.05) is 34.6 Å². The van der Waals surface area contributed by atoms with Crippen LogP contribution in [0.3, 0.4) is 0 Å². The molecule has 1 unspecified atom stereocenters. The molecule has 0 saturated carbocycles. The lowest BCUT2D eigenvalue weighted by Gasteiger charge is -2.49. The van der Waals surface area contributed by atoms with Gasteiger partial charge in [-0.15, -0.1) is 0 Å². The van der Waals surface area contributed by atoms with Crippen LogP contribution < -0.4 is 4.90 Å². The zero-order valence-electron chi connectivity index (χ0n) is 15.5. The molecule has 1 saturated heterocycles. The van der Waals surface area contributed by atoms with Crippen LogP contribution in [0.15, 0.2) is 4.47 Å². The van der Waals surface area contributed by atoms with Gasteiger partial charge in [-0.3, -0.25) is 4.98 Å². The summed E-state index contributed by atoms with van der Waals surface area (Å²) in [7, 11) is 0. The van der Waals surface area contributed by atoms with E-state index in [9.17, 15) is 9.90 Å². The molecule has 2 rings (SSSR count). The number of hydrogen-bond donors (Lipinski definition) is 1. The molecule has 2 heterocycles. The van der Waals surface area contributed by atoms with Gasteiger partial charge in [0.25, 0.3) is 0 Å². The third-order valence-electron chi connectivity index (χ3n) is 4.02. The van der Waals surface area contributed by atoms with E-state index in [-0.39, 0.29) is 5.41 Å². The maximum atomic E-state index is 11.9. The number of hydrogen-bond acceptors (Lipinski definition) is 4. The number of carboxylic acid groups (broad SMARTS) is 1. The largest absolute Gasteiger partial charge is 0.479 e. The highest BCUT2D eigenvalue weighted by atomic mass is 79.9. The number of carbonyl (C=O) groups is 1. The van der Waals surface area contributed by atoms with Gasteiger partial charge in [0.15, 0.2) is 6.10 Å². The Morgan fingerprint density at radius 1 is 1.29 bits per heavy atom. The molecule has 1 atom stereocenters. The van der Waals surface area contributed by atoms with Gasteiger partial charge >= 0.3 is 5.97 Å². The molecular formula is C18H27BrN2O3. The molecule has 0 aliphatic carbocycles. The van der Waals surface area contributed by atoms with Gasteiger partial charge in [-0.05, 0) is 56.0 Å². The summed E-state index contributed by atoms with van der Waals surface area (Å²) >= 11 is 3.62. The van der Waals surface area contributed by atoms with Gasteiger partial charge in [-0.25, -0.2) is 4.79 Å². The van der Waals surface area contributed by atoms with E-state index in [0.29, 0.717) is 11.3 Å². The molecule has 1 aromatic rings. The van der Waals surface area contributed by atoms with Gasteiger partial charge in [-0.1, -0.05) is 13.8 Å². The Kier molecular flexibility index (Phi) is 5.04. The topological polar surface area (TPSA) is 62.7 Å². The lowest BCUT2D eigenvalue weighted by Crippen LogP contribution is -2.53.